The van der Waals surface area contributed by atoms with Crippen molar-refractivity contribution in [2.45, 2.75) is 57.9 Å². The van der Waals surface area contributed by atoms with E-state index in [1.165, 1.54) is 34.4 Å². The number of anilines is 1. The zero-order valence-corrected chi connectivity index (χ0v) is 23.8. The number of nitrogens with zero attached hydrogens (tertiary/aromatic N) is 5. The number of likely N-dealkylation sites (N-methyl/N-ethyl adjacent to an activating group) is 1. The number of aryl methyl sites for hydroxylation is 1. The van der Waals surface area contributed by atoms with E-state index in [0.29, 0.717) is 51.3 Å². The fraction of sp³-hybridized carbons (Fsp3) is 0.469. The number of aromatic nitrogens is 2. The Hall–Kier alpha value is -3.49. The summed E-state index contributed by atoms with van der Waals surface area (Å²) in [5, 5.41) is 2.48. The Bertz CT molecular complexity index is 1420. The van der Waals surface area contributed by atoms with Crippen molar-refractivity contribution in [3.05, 3.63) is 71.4 Å². The molecular formula is C32H39N5O3. The van der Waals surface area contributed by atoms with Gasteiger partial charge in [-0.05, 0) is 68.3 Å². The van der Waals surface area contributed by atoms with Gasteiger partial charge in [-0.1, -0.05) is 43.0 Å². The Labute approximate surface area is 236 Å². The lowest BCUT2D eigenvalue weighted by Gasteiger charge is -2.41. The molecule has 3 aliphatic heterocycles. The lowest BCUT2D eigenvalue weighted by atomic mass is 9.92. The number of benzene rings is 2. The maximum Gasteiger partial charge on any atom is 0.318 e. The average molecular weight is 542 g/mol. The molecule has 0 N–H and O–H groups in total. The number of rotatable bonds is 6. The third-order valence-corrected chi connectivity index (χ3v) is 8.81. The SMILES string of the molecule is C=CC(=O)N1CCN(c2nc(OC[C@@H]3CCCN3C)nc3c2CO[C@H](c2cccc4cccc(C)c24)C3)[C@@H](C)C1. The van der Waals surface area contributed by atoms with Gasteiger partial charge in [0.1, 0.15) is 12.4 Å². The molecule has 8 heteroatoms. The summed E-state index contributed by atoms with van der Waals surface area (Å²) in [5.41, 5.74) is 4.45. The lowest BCUT2D eigenvalue weighted by Crippen LogP contribution is -2.54. The molecule has 0 aliphatic carbocycles. The lowest BCUT2D eigenvalue weighted by molar-refractivity contribution is -0.126. The summed E-state index contributed by atoms with van der Waals surface area (Å²) < 4.78 is 12.9. The smallest absolute Gasteiger partial charge is 0.318 e. The molecule has 2 fully saturated rings. The largest absolute Gasteiger partial charge is 0.462 e. The Balaban J connectivity index is 1.33. The summed E-state index contributed by atoms with van der Waals surface area (Å²) in [7, 11) is 2.15. The topological polar surface area (TPSA) is 71.0 Å². The highest BCUT2D eigenvalue weighted by atomic mass is 16.5. The van der Waals surface area contributed by atoms with Crippen LogP contribution in [0.3, 0.4) is 0 Å². The van der Waals surface area contributed by atoms with E-state index in [1.807, 2.05) is 4.90 Å². The molecule has 3 aliphatic rings. The number of hydrogen-bond donors (Lipinski definition) is 0. The van der Waals surface area contributed by atoms with Crippen molar-refractivity contribution in [2.24, 2.45) is 0 Å². The van der Waals surface area contributed by atoms with Crippen molar-refractivity contribution in [3.63, 3.8) is 0 Å². The van der Waals surface area contributed by atoms with Crippen LogP contribution in [0.5, 0.6) is 6.01 Å². The van der Waals surface area contributed by atoms with E-state index < -0.39 is 0 Å². The van der Waals surface area contributed by atoms with Crippen LogP contribution < -0.4 is 9.64 Å². The first-order chi connectivity index (χ1) is 19.4. The molecule has 0 unspecified atom stereocenters. The molecule has 1 amide bonds. The maximum atomic E-state index is 12.3. The van der Waals surface area contributed by atoms with Gasteiger partial charge >= 0.3 is 6.01 Å². The van der Waals surface area contributed by atoms with Crippen LogP contribution in [0.1, 0.15) is 48.3 Å². The van der Waals surface area contributed by atoms with Gasteiger partial charge in [-0.3, -0.25) is 4.79 Å². The summed E-state index contributed by atoms with van der Waals surface area (Å²) in [6.07, 6.45) is 4.26. The number of piperazine rings is 1. The van der Waals surface area contributed by atoms with Gasteiger partial charge in [0.2, 0.25) is 5.91 Å². The van der Waals surface area contributed by atoms with Gasteiger partial charge in [0.05, 0.1) is 18.4 Å². The minimum Gasteiger partial charge on any atom is -0.462 e. The molecule has 2 aromatic carbocycles. The molecular weight excluding hydrogens is 502 g/mol. The number of hydrogen-bond acceptors (Lipinski definition) is 7. The minimum atomic E-state index is -0.103. The van der Waals surface area contributed by atoms with Gasteiger partial charge < -0.3 is 24.2 Å². The van der Waals surface area contributed by atoms with Crippen LogP contribution >= 0.6 is 0 Å². The second-order valence-electron chi connectivity index (χ2n) is 11.4. The molecule has 0 radical (unpaired) electrons. The minimum absolute atomic E-state index is 0.0301. The highest BCUT2D eigenvalue weighted by Gasteiger charge is 2.33. The standard InChI is InChI=1S/C32H39N5O3/c1-5-29(38)36-15-16-37(22(3)18-36)31-26-20-39-28(25-13-7-11-23-10-6-9-21(2)30(23)25)17-27(26)33-32(34-31)40-19-24-12-8-14-35(24)4/h5-7,9-11,13,22,24,28H,1,8,12,14-20H2,2-4H3/t22-,24-,28-/m0/s1. The summed E-state index contributed by atoms with van der Waals surface area (Å²) in [6.45, 7) is 12.0. The molecule has 3 atom stereocenters. The fourth-order valence-electron chi connectivity index (χ4n) is 6.52. The highest BCUT2D eigenvalue weighted by Crippen LogP contribution is 2.39. The van der Waals surface area contributed by atoms with Crippen LogP contribution in [-0.4, -0.2) is 77.6 Å². The van der Waals surface area contributed by atoms with E-state index in [2.05, 4.69) is 73.7 Å². The van der Waals surface area contributed by atoms with Gasteiger partial charge in [-0.2, -0.15) is 9.97 Å². The fourth-order valence-corrected chi connectivity index (χ4v) is 6.52. The third-order valence-electron chi connectivity index (χ3n) is 8.81. The molecule has 1 aromatic heterocycles. The number of carbonyl (C=O) groups is 1. The molecule has 0 saturated carbocycles. The van der Waals surface area contributed by atoms with Crippen LogP contribution in [0.15, 0.2) is 49.1 Å². The van der Waals surface area contributed by atoms with Crippen LogP contribution in [0, 0.1) is 6.92 Å². The first-order valence-electron chi connectivity index (χ1n) is 14.4. The van der Waals surface area contributed by atoms with Crippen molar-refractivity contribution >= 4 is 22.5 Å². The molecule has 210 valence electrons. The molecule has 40 heavy (non-hydrogen) atoms. The highest BCUT2D eigenvalue weighted by molar-refractivity contribution is 5.89. The van der Waals surface area contributed by atoms with Crippen molar-refractivity contribution in [1.29, 1.82) is 0 Å². The summed E-state index contributed by atoms with van der Waals surface area (Å²) in [5.74, 6) is 0.836. The number of ether oxygens (including phenoxy) is 2. The van der Waals surface area contributed by atoms with E-state index in [9.17, 15) is 4.79 Å². The predicted octanol–water partition coefficient (Wildman–Crippen LogP) is 4.45. The van der Waals surface area contributed by atoms with Crippen molar-refractivity contribution in [2.75, 3.05) is 44.7 Å². The first-order valence-corrected chi connectivity index (χ1v) is 14.4. The second-order valence-corrected chi connectivity index (χ2v) is 11.4. The van der Waals surface area contributed by atoms with Crippen LogP contribution in [-0.2, 0) is 22.6 Å². The Morgan fingerprint density at radius 3 is 2.75 bits per heavy atom. The molecule has 4 heterocycles. The van der Waals surface area contributed by atoms with Crippen molar-refractivity contribution < 1.29 is 14.3 Å². The Morgan fingerprint density at radius 2 is 2.00 bits per heavy atom. The second kappa shape index (κ2) is 11.2. The van der Waals surface area contributed by atoms with E-state index in [4.69, 9.17) is 19.4 Å². The predicted molar refractivity (Wildman–Crippen MR) is 157 cm³/mol. The molecule has 0 bridgehead atoms. The van der Waals surface area contributed by atoms with Gasteiger partial charge in [-0.15, -0.1) is 0 Å². The van der Waals surface area contributed by atoms with Gasteiger partial charge in [0.25, 0.3) is 0 Å². The molecule has 6 rings (SSSR count). The van der Waals surface area contributed by atoms with E-state index >= 15 is 0 Å². The van der Waals surface area contributed by atoms with Crippen molar-refractivity contribution in [3.8, 4) is 6.01 Å². The number of likely N-dealkylation sites (tertiary alicyclic amines) is 1. The number of carbonyl (C=O) groups excluding carboxylic acids is 1. The molecule has 3 aromatic rings. The number of amides is 1. The first kappa shape index (κ1) is 26.7. The summed E-state index contributed by atoms with van der Waals surface area (Å²) in [6, 6.07) is 13.8. The van der Waals surface area contributed by atoms with E-state index in [-0.39, 0.29) is 18.1 Å². The van der Waals surface area contributed by atoms with Gasteiger partial charge in [-0.25, -0.2) is 0 Å². The summed E-state index contributed by atoms with van der Waals surface area (Å²) >= 11 is 0. The number of fused-ring (bicyclic) bond motifs is 2. The van der Waals surface area contributed by atoms with E-state index in [1.54, 1.807) is 0 Å². The quantitative estimate of drug-likeness (QED) is 0.427. The third kappa shape index (κ3) is 5.06. The maximum absolute atomic E-state index is 12.3. The summed E-state index contributed by atoms with van der Waals surface area (Å²) in [4.78, 5) is 28.7. The van der Waals surface area contributed by atoms with Crippen LogP contribution in [0.2, 0.25) is 0 Å². The zero-order valence-electron chi connectivity index (χ0n) is 23.8. The van der Waals surface area contributed by atoms with Crippen LogP contribution in [0.25, 0.3) is 10.8 Å². The molecule has 2 saturated heterocycles. The Morgan fingerprint density at radius 1 is 1.18 bits per heavy atom. The normalized spacial score (nSPS) is 23.3. The van der Waals surface area contributed by atoms with E-state index in [0.717, 1.165) is 30.0 Å². The average Bonchev–Trinajstić information content (AvgIpc) is 3.39. The molecule has 0 spiro atoms. The molecule has 8 nitrogen and oxygen atoms in total. The van der Waals surface area contributed by atoms with Gasteiger partial charge in [0, 0.05) is 43.7 Å². The van der Waals surface area contributed by atoms with Gasteiger partial charge in [0.15, 0.2) is 0 Å². The zero-order chi connectivity index (χ0) is 27.8. The van der Waals surface area contributed by atoms with Crippen molar-refractivity contribution in [1.82, 2.24) is 19.8 Å². The monoisotopic (exact) mass is 541 g/mol. The Kier molecular flexibility index (Phi) is 7.47. The van der Waals surface area contributed by atoms with Crippen LogP contribution in [0.4, 0.5) is 5.82 Å².